The molecule has 0 unspecified atom stereocenters. The number of amides is 1. The lowest BCUT2D eigenvalue weighted by atomic mass is 10.1. The van der Waals surface area contributed by atoms with E-state index in [0.717, 1.165) is 21.4 Å². The first-order valence-electron chi connectivity index (χ1n) is 8.55. The minimum atomic E-state index is -0.421. The fraction of sp³-hybridized carbons (Fsp3) is 0.300. The molecule has 0 aliphatic carbocycles. The van der Waals surface area contributed by atoms with Crippen LogP contribution in [0.5, 0.6) is 5.75 Å². The topological polar surface area (TPSA) is 77.8 Å². The average Bonchev–Trinajstić information content (AvgIpc) is 3.15. The molecule has 1 aromatic carbocycles. The number of methoxy groups -OCH3 is 1. The molecule has 0 radical (unpaired) electrons. The summed E-state index contributed by atoms with van der Waals surface area (Å²) < 4.78 is 15.8. The van der Waals surface area contributed by atoms with Crippen LogP contribution in [0.3, 0.4) is 0 Å². The van der Waals surface area contributed by atoms with Crippen LogP contribution < -0.4 is 10.1 Å². The maximum absolute atomic E-state index is 12.6. The van der Waals surface area contributed by atoms with Crippen LogP contribution in [0.1, 0.15) is 33.3 Å². The van der Waals surface area contributed by atoms with Crippen LogP contribution in [0.4, 0.5) is 5.00 Å². The van der Waals surface area contributed by atoms with Crippen molar-refractivity contribution in [1.82, 2.24) is 0 Å². The van der Waals surface area contributed by atoms with Crippen molar-refractivity contribution in [3.8, 4) is 5.75 Å². The normalized spacial score (nSPS) is 10.8. The minimum absolute atomic E-state index is 0.136. The Hall–Kier alpha value is -2.80. The summed E-state index contributed by atoms with van der Waals surface area (Å²) in [4.78, 5) is 25.8. The summed E-state index contributed by atoms with van der Waals surface area (Å²) in [6.45, 7) is 5.80. The highest BCUT2D eigenvalue weighted by Gasteiger charge is 2.22. The van der Waals surface area contributed by atoms with Crippen molar-refractivity contribution in [3.05, 3.63) is 46.0 Å². The van der Waals surface area contributed by atoms with Crippen LogP contribution in [0.2, 0.25) is 0 Å². The van der Waals surface area contributed by atoms with Gasteiger partial charge in [-0.2, -0.15) is 0 Å². The summed E-state index contributed by atoms with van der Waals surface area (Å²) in [5, 5.41) is 4.22. The summed E-state index contributed by atoms with van der Waals surface area (Å²) in [7, 11) is 1.59. The van der Waals surface area contributed by atoms with Gasteiger partial charge >= 0.3 is 5.97 Å². The van der Waals surface area contributed by atoms with Crippen LogP contribution >= 0.6 is 11.3 Å². The Kier molecular flexibility index (Phi) is 5.51. The number of carbonyl (C=O) groups excluding carboxylic acids is 2. The number of aryl methyl sites for hydroxylation is 1. The zero-order valence-electron chi connectivity index (χ0n) is 15.7. The lowest BCUT2D eigenvalue weighted by Gasteiger charge is -2.07. The van der Waals surface area contributed by atoms with E-state index in [2.05, 4.69) is 5.32 Å². The third-order valence-electron chi connectivity index (χ3n) is 4.33. The standard InChI is InChI=1S/C20H21NO5S/c1-5-25-20(23)18-11(2)12(3)27-19(18)21-17(22)8-13-10-26-16-9-14(24-4)6-7-15(13)16/h6-7,9-10H,5,8H2,1-4H3,(H,21,22). The van der Waals surface area contributed by atoms with Gasteiger partial charge in [-0.1, -0.05) is 0 Å². The summed E-state index contributed by atoms with van der Waals surface area (Å²) in [6, 6.07) is 5.47. The number of nitrogens with one attached hydrogen (secondary N) is 1. The molecule has 0 spiro atoms. The molecule has 0 saturated carbocycles. The van der Waals surface area contributed by atoms with Gasteiger partial charge < -0.3 is 19.2 Å². The summed E-state index contributed by atoms with van der Waals surface area (Å²) in [5.74, 6) is 0.0484. The van der Waals surface area contributed by atoms with Gasteiger partial charge in [0.1, 0.15) is 16.3 Å². The predicted octanol–water partition coefficient (Wildman–Crippen LogP) is 4.48. The minimum Gasteiger partial charge on any atom is -0.497 e. The Morgan fingerprint density at radius 1 is 1.26 bits per heavy atom. The van der Waals surface area contributed by atoms with E-state index in [1.165, 1.54) is 11.3 Å². The van der Waals surface area contributed by atoms with Crippen LogP contribution in [-0.2, 0) is 16.0 Å². The molecular formula is C20H21NO5S. The quantitative estimate of drug-likeness (QED) is 0.631. The second kappa shape index (κ2) is 7.84. The predicted molar refractivity (Wildman–Crippen MR) is 105 cm³/mol. The molecule has 3 rings (SSSR count). The Morgan fingerprint density at radius 3 is 2.74 bits per heavy atom. The summed E-state index contributed by atoms with van der Waals surface area (Å²) in [6.07, 6.45) is 1.71. The Labute approximate surface area is 161 Å². The van der Waals surface area contributed by atoms with Crippen molar-refractivity contribution in [2.45, 2.75) is 27.2 Å². The summed E-state index contributed by atoms with van der Waals surface area (Å²) in [5.41, 5.74) is 2.68. The van der Waals surface area contributed by atoms with Crippen LogP contribution in [0, 0.1) is 13.8 Å². The van der Waals surface area contributed by atoms with Gasteiger partial charge in [-0.15, -0.1) is 11.3 Å². The van der Waals surface area contributed by atoms with E-state index in [1.807, 2.05) is 26.0 Å². The SMILES string of the molecule is CCOC(=O)c1c(NC(=O)Cc2coc3cc(OC)ccc23)sc(C)c1C. The Bertz CT molecular complexity index is 1000. The lowest BCUT2D eigenvalue weighted by Crippen LogP contribution is -2.16. The molecule has 3 aromatic rings. The number of ether oxygens (including phenoxy) is 2. The van der Waals surface area contributed by atoms with Gasteiger partial charge in [0.2, 0.25) is 5.91 Å². The fourth-order valence-electron chi connectivity index (χ4n) is 2.84. The number of anilines is 1. The van der Waals surface area contributed by atoms with E-state index in [1.54, 1.807) is 26.4 Å². The van der Waals surface area contributed by atoms with E-state index >= 15 is 0 Å². The third-order valence-corrected chi connectivity index (χ3v) is 5.45. The van der Waals surface area contributed by atoms with Crippen LogP contribution in [0.15, 0.2) is 28.9 Å². The molecule has 6 nitrogen and oxygen atoms in total. The van der Waals surface area contributed by atoms with Crippen LogP contribution in [-0.4, -0.2) is 25.6 Å². The fourth-order valence-corrected chi connectivity index (χ4v) is 3.90. The molecule has 0 aliphatic heterocycles. The molecule has 0 bridgehead atoms. The first-order chi connectivity index (χ1) is 12.9. The molecule has 7 heteroatoms. The van der Waals surface area contributed by atoms with Crippen molar-refractivity contribution in [2.75, 3.05) is 19.0 Å². The van der Waals surface area contributed by atoms with Crippen molar-refractivity contribution < 1.29 is 23.5 Å². The van der Waals surface area contributed by atoms with Gasteiger partial charge in [-0.25, -0.2) is 4.79 Å². The highest BCUT2D eigenvalue weighted by molar-refractivity contribution is 7.16. The average molecular weight is 387 g/mol. The largest absolute Gasteiger partial charge is 0.497 e. The number of hydrogen-bond acceptors (Lipinski definition) is 6. The van der Waals surface area contributed by atoms with E-state index in [0.29, 0.717) is 21.9 Å². The van der Waals surface area contributed by atoms with E-state index in [4.69, 9.17) is 13.9 Å². The highest BCUT2D eigenvalue weighted by Crippen LogP contribution is 2.33. The van der Waals surface area contributed by atoms with Gasteiger partial charge in [0, 0.05) is 21.9 Å². The zero-order chi connectivity index (χ0) is 19.6. The van der Waals surface area contributed by atoms with Gasteiger partial charge in [0.05, 0.1) is 32.0 Å². The monoisotopic (exact) mass is 387 g/mol. The zero-order valence-corrected chi connectivity index (χ0v) is 16.5. The van der Waals surface area contributed by atoms with Gasteiger partial charge in [-0.3, -0.25) is 4.79 Å². The number of fused-ring (bicyclic) bond motifs is 1. The Morgan fingerprint density at radius 2 is 2.04 bits per heavy atom. The molecule has 2 heterocycles. The Balaban J connectivity index is 1.81. The molecule has 0 atom stereocenters. The first kappa shape index (κ1) is 19.0. The van der Waals surface area contributed by atoms with E-state index in [-0.39, 0.29) is 18.9 Å². The smallest absolute Gasteiger partial charge is 0.341 e. The van der Waals surface area contributed by atoms with E-state index < -0.39 is 5.97 Å². The number of esters is 1. The third kappa shape index (κ3) is 3.83. The number of furan rings is 1. The first-order valence-corrected chi connectivity index (χ1v) is 9.37. The molecule has 0 fully saturated rings. The maximum Gasteiger partial charge on any atom is 0.341 e. The van der Waals surface area contributed by atoms with Gasteiger partial charge in [0.25, 0.3) is 0 Å². The molecule has 142 valence electrons. The number of rotatable bonds is 6. The molecule has 1 amide bonds. The molecular weight excluding hydrogens is 366 g/mol. The number of carbonyl (C=O) groups is 2. The number of benzene rings is 1. The number of thiophene rings is 1. The molecule has 2 aromatic heterocycles. The second-order valence-electron chi connectivity index (χ2n) is 6.06. The second-order valence-corrected chi connectivity index (χ2v) is 7.28. The number of hydrogen-bond donors (Lipinski definition) is 1. The maximum atomic E-state index is 12.6. The highest BCUT2D eigenvalue weighted by atomic mass is 32.1. The van der Waals surface area contributed by atoms with Gasteiger partial charge in [0.15, 0.2) is 0 Å². The molecule has 0 aliphatic rings. The van der Waals surface area contributed by atoms with Crippen molar-refractivity contribution in [2.24, 2.45) is 0 Å². The van der Waals surface area contributed by atoms with E-state index in [9.17, 15) is 9.59 Å². The van der Waals surface area contributed by atoms with Crippen molar-refractivity contribution >= 4 is 39.2 Å². The van der Waals surface area contributed by atoms with Crippen molar-refractivity contribution in [3.63, 3.8) is 0 Å². The van der Waals surface area contributed by atoms with Crippen molar-refractivity contribution in [1.29, 1.82) is 0 Å². The summed E-state index contributed by atoms with van der Waals surface area (Å²) >= 11 is 1.37. The molecule has 27 heavy (non-hydrogen) atoms. The molecule has 1 N–H and O–H groups in total. The lowest BCUT2D eigenvalue weighted by molar-refractivity contribution is -0.115. The van der Waals surface area contributed by atoms with Crippen LogP contribution in [0.25, 0.3) is 11.0 Å². The van der Waals surface area contributed by atoms with Gasteiger partial charge in [-0.05, 0) is 38.5 Å². The molecule has 0 saturated heterocycles.